The predicted octanol–water partition coefficient (Wildman–Crippen LogP) is 2.92. The number of nitrogens with zero attached hydrogens (tertiary/aromatic N) is 2. The van der Waals surface area contributed by atoms with Gasteiger partial charge in [-0.25, -0.2) is 4.98 Å². The lowest BCUT2D eigenvalue weighted by Crippen LogP contribution is -2.25. The Morgan fingerprint density at radius 3 is 2.95 bits per heavy atom. The van der Waals surface area contributed by atoms with Gasteiger partial charge in [0, 0.05) is 37.9 Å². The van der Waals surface area contributed by atoms with Crippen molar-refractivity contribution in [3.63, 3.8) is 0 Å². The fourth-order valence-corrected chi connectivity index (χ4v) is 3.76. The molecule has 2 aromatic rings. The van der Waals surface area contributed by atoms with Crippen molar-refractivity contribution in [2.45, 2.75) is 39.7 Å². The van der Waals surface area contributed by atoms with Crippen molar-refractivity contribution in [3.05, 3.63) is 22.5 Å². The molecule has 0 atom stereocenters. The van der Waals surface area contributed by atoms with Crippen LogP contribution < -0.4 is 5.32 Å². The molecule has 4 nitrogen and oxygen atoms in total. The zero-order valence-electron chi connectivity index (χ0n) is 12.5. The Morgan fingerprint density at radius 2 is 2.25 bits per heavy atom. The number of ether oxygens (including phenoxy) is 1. The van der Waals surface area contributed by atoms with Crippen LogP contribution in [0.1, 0.15) is 36.3 Å². The summed E-state index contributed by atoms with van der Waals surface area (Å²) in [6, 6.07) is 0. The molecule has 1 aliphatic rings. The number of aryl methyl sites for hydroxylation is 2. The van der Waals surface area contributed by atoms with Gasteiger partial charge in [-0.2, -0.15) is 0 Å². The predicted molar refractivity (Wildman–Crippen MR) is 82.4 cm³/mol. The molecule has 20 heavy (non-hydrogen) atoms. The lowest BCUT2D eigenvalue weighted by atomic mass is 10.0. The first kappa shape index (κ1) is 14.0. The number of imidazole rings is 1. The van der Waals surface area contributed by atoms with Crippen molar-refractivity contribution in [2.75, 3.05) is 20.3 Å². The van der Waals surface area contributed by atoms with Gasteiger partial charge in [0.2, 0.25) is 0 Å². The largest absolute Gasteiger partial charge is 0.385 e. The van der Waals surface area contributed by atoms with Gasteiger partial charge in [0.1, 0.15) is 0 Å². The van der Waals surface area contributed by atoms with E-state index < -0.39 is 0 Å². The maximum absolute atomic E-state index is 5.21. The third-order valence-electron chi connectivity index (χ3n) is 4.42. The van der Waals surface area contributed by atoms with Gasteiger partial charge in [-0.05, 0) is 38.5 Å². The summed E-state index contributed by atoms with van der Waals surface area (Å²) in [4.78, 5) is 5.74. The Morgan fingerprint density at radius 1 is 1.45 bits per heavy atom. The first-order valence-electron chi connectivity index (χ1n) is 7.27. The van der Waals surface area contributed by atoms with Crippen LogP contribution in [0.15, 0.2) is 5.38 Å². The van der Waals surface area contributed by atoms with Gasteiger partial charge in [-0.3, -0.25) is 4.40 Å². The summed E-state index contributed by atoms with van der Waals surface area (Å²) in [6.07, 6.45) is 3.85. The van der Waals surface area contributed by atoms with E-state index in [2.05, 4.69) is 33.9 Å². The molecule has 0 radical (unpaired) electrons. The average Bonchev–Trinajstić information content (AvgIpc) is 3.01. The lowest BCUT2D eigenvalue weighted by Gasteiger charge is -2.15. The first-order chi connectivity index (χ1) is 9.65. The average molecular weight is 293 g/mol. The van der Waals surface area contributed by atoms with Crippen LogP contribution in [0.5, 0.6) is 0 Å². The van der Waals surface area contributed by atoms with E-state index in [9.17, 15) is 0 Å². The number of methoxy groups -OCH3 is 1. The summed E-state index contributed by atoms with van der Waals surface area (Å²) in [6.45, 7) is 7.12. The van der Waals surface area contributed by atoms with Crippen LogP contribution in [-0.4, -0.2) is 29.6 Å². The highest BCUT2D eigenvalue weighted by atomic mass is 32.1. The minimum absolute atomic E-state index is 0.497. The minimum Gasteiger partial charge on any atom is -0.385 e. The van der Waals surface area contributed by atoms with Crippen molar-refractivity contribution in [1.82, 2.24) is 14.7 Å². The maximum Gasteiger partial charge on any atom is 0.194 e. The highest BCUT2D eigenvalue weighted by Gasteiger charge is 2.41. The second-order valence-electron chi connectivity index (χ2n) is 5.99. The number of thiazole rings is 1. The van der Waals surface area contributed by atoms with Crippen molar-refractivity contribution < 1.29 is 4.74 Å². The first-order valence-corrected chi connectivity index (χ1v) is 8.15. The van der Waals surface area contributed by atoms with E-state index in [-0.39, 0.29) is 0 Å². The summed E-state index contributed by atoms with van der Waals surface area (Å²) >= 11 is 1.72. The molecule has 5 heteroatoms. The third kappa shape index (κ3) is 2.62. The molecule has 0 unspecified atom stereocenters. The SMILES string of the molecule is COCCC1(CNCc2c(C)nc3scc(C)n23)CC1. The van der Waals surface area contributed by atoms with Crippen LogP contribution in [0.25, 0.3) is 4.96 Å². The smallest absolute Gasteiger partial charge is 0.194 e. The van der Waals surface area contributed by atoms with E-state index in [4.69, 9.17) is 4.74 Å². The Kier molecular flexibility index (Phi) is 3.84. The monoisotopic (exact) mass is 293 g/mol. The van der Waals surface area contributed by atoms with Gasteiger partial charge >= 0.3 is 0 Å². The summed E-state index contributed by atoms with van der Waals surface area (Å²) in [5.74, 6) is 0. The van der Waals surface area contributed by atoms with E-state index in [1.807, 2.05) is 0 Å². The van der Waals surface area contributed by atoms with Crippen LogP contribution >= 0.6 is 11.3 Å². The minimum atomic E-state index is 0.497. The van der Waals surface area contributed by atoms with Crippen molar-refractivity contribution >= 4 is 16.3 Å². The van der Waals surface area contributed by atoms with E-state index in [1.54, 1.807) is 18.4 Å². The van der Waals surface area contributed by atoms with Crippen molar-refractivity contribution in [1.29, 1.82) is 0 Å². The molecule has 110 valence electrons. The second kappa shape index (κ2) is 5.47. The van der Waals surface area contributed by atoms with Crippen molar-refractivity contribution in [3.8, 4) is 0 Å². The molecule has 0 bridgehead atoms. The molecular weight excluding hydrogens is 270 g/mol. The van der Waals surface area contributed by atoms with Crippen LogP contribution in [0.2, 0.25) is 0 Å². The Bertz CT molecular complexity index is 598. The molecule has 1 fully saturated rings. The van der Waals surface area contributed by atoms with Gasteiger partial charge < -0.3 is 10.1 Å². The molecular formula is C15H23N3OS. The standard InChI is InChI=1S/C15H23N3OS/c1-11-9-20-14-17-12(2)13(18(11)14)8-16-10-15(4-5-15)6-7-19-3/h9,16H,4-8,10H2,1-3H3. The topological polar surface area (TPSA) is 38.6 Å². The van der Waals surface area contributed by atoms with E-state index in [1.165, 1.54) is 30.7 Å². The van der Waals surface area contributed by atoms with Crippen LogP contribution in [0.4, 0.5) is 0 Å². The number of aromatic nitrogens is 2. The Labute approximate surface area is 124 Å². The quantitative estimate of drug-likeness (QED) is 0.853. The molecule has 1 aliphatic carbocycles. The van der Waals surface area contributed by atoms with E-state index in [0.29, 0.717) is 5.41 Å². The molecule has 0 amide bonds. The molecule has 0 spiro atoms. The number of hydrogen-bond acceptors (Lipinski definition) is 4. The summed E-state index contributed by atoms with van der Waals surface area (Å²) in [5.41, 5.74) is 4.23. The van der Waals surface area contributed by atoms with Gasteiger partial charge in [-0.1, -0.05) is 0 Å². The molecule has 1 saturated carbocycles. The molecule has 0 aliphatic heterocycles. The second-order valence-corrected chi connectivity index (χ2v) is 6.82. The summed E-state index contributed by atoms with van der Waals surface area (Å²) in [7, 11) is 1.79. The number of nitrogens with one attached hydrogen (secondary N) is 1. The maximum atomic E-state index is 5.21. The van der Waals surface area contributed by atoms with Gasteiger partial charge in [0.25, 0.3) is 0 Å². The summed E-state index contributed by atoms with van der Waals surface area (Å²) in [5, 5.41) is 5.81. The molecule has 2 heterocycles. The molecule has 1 N–H and O–H groups in total. The Hall–Kier alpha value is -0.910. The van der Waals surface area contributed by atoms with Crippen LogP contribution in [0, 0.1) is 19.3 Å². The van der Waals surface area contributed by atoms with Gasteiger partial charge in [-0.15, -0.1) is 11.3 Å². The number of hydrogen-bond donors (Lipinski definition) is 1. The summed E-state index contributed by atoms with van der Waals surface area (Å²) < 4.78 is 7.49. The highest BCUT2D eigenvalue weighted by molar-refractivity contribution is 7.15. The van der Waals surface area contributed by atoms with E-state index >= 15 is 0 Å². The normalized spacial score (nSPS) is 16.9. The van der Waals surface area contributed by atoms with Crippen LogP contribution in [-0.2, 0) is 11.3 Å². The van der Waals surface area contributed by atoms with Crippen LogP contribution in [0.3, 0.4) is 0 Å². The molecule has 0 aromatic carbocycles. The van der Waals surface area contributed by atoms with Gasteiger partial charge in [0.05, 0.1) is 11.4 Å². The van der Waals surface area contributed by atoms with Gasteiger partial charge in [0.15, 0.2) is 4.96 Å². The third-order valence-corrected chi connectivity index (χ3v) is 5.36. The lowest BCUT2D eigenvalue weighted by molar-refractivity contribution is 0.171. The fourth-order valence-electron chi connectivity index (χ4n) is 2.83. The molecule has 3 rings (SSSR count). The molecule has 2 aromatic heterocycles. The number of rotatable bonds is 7. The zero-order valence-corrected chi connectivity index (χ0v) is 13.3. The number of fused-ring (bicyclic) bond motifs is 1. The zero-order chi connectivity index (χ0) is 14.2. The van der Waals surface area contributed by atoms with Crippen molar-refractivity contribution in [2.24, 2.45) is 5.41 Å². The van der Waals surface area contributed by atoms with E-state index in [0.717, 1.165) is 30.4 Å². The molecule has 0 saturated heterocycles. The highest BCUT2D eigenvalue weighted by Crippen LogP contribution is 2.48. The Balaban J connectivity index is 1.63. The fraction of sp³-hybridized carbons (Fsp3) is 0.667.